The van der Waals surface area contributed by atoms with E-state index in [1.807, 2.05) is 23.0 Å². The maximum atomic E-state index is 12.7. The number of rotatable bonds is 9. The van der Waals surface area contributed by atoms with Crippen LogP contribution in [0.4, 0.5) is 10.6 Å². The van der Waals surface area contributed by atoms with Crippen LogP contribution >= 0.6 is 0 Å². The summed E-state index contributed by atoms with van der Waals surface area (Å²) in [6.45, 7) is 5.01. The van der Waals surface area contributed by atoms with Crippen molar-refractivity contribution in [2.45, 2.75) is 31.9 Å². The number of benzene rings is 1. The van der Waals surface area contributed by atoms with E-state index in [1.165, 1.54) is 6.20 Å². The Morgan fingerprint density at radius 3 is 2.69 bits per heavy atom. The first kappa shape index (κ1) is 24.8. The number of anilines is 1. The first-order valence-electron chi connectivity index (χ1n) is 11.6. The predicted octanol–water partition coefficient (Wildman–Crippen LogP) is 2.54. The lowest BCUT2D eigenvalue weighted by Gasteiger charge is -2.35. The first-order valence-corrected chi connectivity index (χ1v) is 11.6. The summed E-state index contributed by atoms with van der Waals surface area (Å²) in [6.07, 6.45) is 6.32. The number of methoxy groups -OCH3 is 2. The minimum Gasteiger partial charge on any atom is -0.494 e. The van der Waals surface area contributed by atoms with E-state index in [2.05, 4.69) is 20.4 Å². The highest BCUT2D eigenvalue weighted by Crippen LogP contribution is 2.32. The monoisotopic (exact) mass is 484 g/mol. The molecule has 0 aliphatic carbocycles. The molecule has 1 aliphatic heterocycles. The molecule has 1 saturated heterocycles. The topological polar surface area (TPSA) is 124 Å². The Balaban J connectivity index is 1.51. The Morgan fingerprint density at radius 1 is 1.14 bits per heavy atom. The maximum Gasteiger partial charge on any atom is 0.323 e. The zero-order chi connectivity index (χ0) is 24.8. The highest BCUT2D eigenvalue weighted by molar-refractivity contribution is 5.96. The van der Waals surface area contributed by atoms with Gasteiger partial charge >= 0.3 is 6.03 Å². The SMILES string of the molecule is COCCOCCn1cc(-c2ccc(OC)c3nc(NC(=O)N4CCC(C)(O)CC4)cnc23)cn1. The lowest BCUT2D eigenvalue weighted by atomic mass is 9.94. The number of piperidine rings is 1. The van der Waals surface area contributed by atoms with Gasteiger partial charge in [0, 0.05) is 37.5 Å². The van der Waals surface area contributed by atoms with Crippen LogP contribution in [0.1, 0.15) is 19.8 Å². The molecule has 188 valence electrons. The van der Waals surface area contributed by atoms with E-state index < -0.39 is 5.60 Å². The van der Waals surface area contributed by atoms with Crippen molar-refractivity contribution in [1.82, 2.24) is 24.6 Å². The summed E-state index contributed by atoms with van der Waals surface area (Å²) in [4.78, 5) is 23.6. The second kappa shape index (κ2) is 11.0. The molecule has 2 N–H and O–H groups in total. The minimum atomic E-state index is -0.728. The summed E-state index contributed by atoms with van der Waals surface area (Å²) < 4.78 is 17.8. The van der Waals surface area contributed by atoms with Crippen molar-refractivity contribution in [2.75, 3.05) is 52.4 Å². The third-order valence-electron chi connectivity index (χ3n) is 6.09. The number of likely N-dealkylation sites (tertiary alicyclic amines) is 1. The van der Waals surface area contributed by atoms with Crippen LogP contribution < -0.4 is 10.1 Å². The van der Waals surface area contributed by atoms with E-state index >= 15 is 0 Å². The highest BCUT2D eigenvalue weighted by atomic mass is 16.5. The molecule has 0 atom stereocenters. The molecule has 11 heteroatoms. The number of ether oxygens (including phenoxy) is 3. The average molecular weight is 485 g/mol. The molecule has 3 heterocycles. The number of fused-ring (bicyclic) bond motifs is 1. The van der Waals surface area contributed by atoms with Gasteiger partial charge in [0.05, 0.1) is 51.5 Å². The molecule has 0 bridgehead atoms. The van der Waals surface area contributed by atoms with Gasteiger partial charge in [-0.1, -0.05) is 0 Å². The van der Waals surface area contributed by atoms with Crippen molar-refractivity contribution in [3.05, 3.63) is 30.7 Å². The standard InChI is InChI=1S/C24H32N6O5/c1-24(32)6-8-29(9-7-24)23(31)28-20-15-25-21-18(4-5-19(34-3)22(21)27-20)17-14-26-30(16-17)10-11-35-13-12-33-2/h4-5,14-16,32H,6-13H2,1-3H3,(H,27,28,31). The first-order chi connectivity index (χ1) is 16.9. The summed E-state index contributed by atoms with van der Waals surface area (Å²) in [5.74, 6) is 0.888. The number of amides is 2. The molecule has 1 fully saturated rings. The van der Waals surface area contributed by atoms with Gasteiger partial charge < -0.3 is 24.2 Å². The molecule has 0 saturated carbocycles. The molecule has 4 rings (SSSR count). The fraction of sp³-hybridized carbons (Fsp3) is 0.500. The molecular formula is C24H32N6O5. The Hall–Kier alpha value is -3.28. The smallest absolute Gasteiger partial charge is 0.323 e. The Labute approximate surface area is 204 Å². The highest BCUT2D eigenvalue weighted by Gasteiger charge is 2.29. The number of carbonyl (C=O) groups excluding carboxylic acids is 1. The van der Waals surface area contributed by atoms with Crippen molar-refractivity contribution in [2.24, 2.45) is 0 Å². The molecule has 1 aliphatic rings. The van der Waals surface area contributed by atoms with Crippen LogP contribution in [0.3, 0.4) is 0 Å². The average Bonchev–Trinajstić information content (AvgIpc) is 3.31. The van der Waals surface area contributed by atoms with Gasteiger partial charge in [-0.05, 0) is 31.9 Å². The van der Waals surface area contributed by atoms with E-state index in [1.54, 1.807) is 32.2 Å². The number of nitrogens with one attached hydrogen (secondary N) is 1. The molecule has 2 amide bonds. The van der Waals surface area contributed by atoms with Gasteiger partial charge in [0.25, 0.3) is 0 Å². The van der Waals surface area contributed by atoms with Crippen LogP contribution in [-0.4, -0.2) is 88.5 Å². The minimum absolute atomic E-state index is 0.265. The Kier molecular flexibility index (Phi) is 7.79. The number of nitrogens with zero attached hydrogens (tertiary/aromatic N) is 5. The van der Waals surface area contributed by atoms with E-state index in [4.69, 9.17) is 14.2 Å². The third-order valence-corrected chi connectivity index (χ3v) is 6.09. The molecule has 0 radical (unpaired) electrons. The van der Waals surface area contributed by atoms with Crippen molar-refractivity contribution in [3.63, 3.8) is 0 Å². The van der Waals surface area contributed by atoms with Crippen LogP contribution in [0.5, 0.6) is 5.75 Å². The second-order valence-corrected chi connectivity index (χ2v) is 8.78. The summed E-state index contributed by atoms with van der Waals surface area (Å²) in [6, 6.07) is 3.48. The van der Waals surface area contributed by atoms with E-state index in [0.717, 1.165) is 11.1 Å². The Bertz CT molecular complexity index is 1150. The van der Waals surface area contributed by atoms with Gasteiger partial charge in [-0.15, -0.1) is 0 Å². The van der Waals surface area contributed by atoms with E-state index in [9.17, 15) is 9.90 Å². The molecule has 11 nitrogen and oxygen atoms in total. The Morgan fingerprint density at radius 2 is 1.94 bits per heavy atom. The number of aliphatic hydroxyl groups is 1. The second-order valence-electron chi connectivity index (χ2n) is 8.78. The number of hydrogen-bond acceptors (Lipinski definition) is 8. The predicted molar refractivity (Wildman–Crippen MR) is 130 cm³/mol. The molecule has 1 aromatic carbocycles. The summed E-state index contributed by atoms with van der Waals surface area (Å²) >= 11 is 0. The molecule has 35 heavy (non-hydrogen) atoms. The summed E-state index contributed by atoms with van der Waals surface area (Å²) in [7, 11) is 3.21. The van der Waals surface area contributed by atoms with E-state index in [-0.39, 0.29) is 6.03 Å². The molecule has 3 aromatic rings. The molecule has 2 aromatic heterocycles. The molecule has 0 spiro atoms. The third kappa shape index (κ3) is 6.05. The summed E-state index contributed by atoms with van der Waals surface area (Å²) in [5.41, 5.74) is 2.21. The fourth-order valence-corrected chi connectivity index (χ4v) is 3.94. The van der Waals surface area contributed by atoms with Crippen LogP contribution in [0, 0.1) is 0 Å². The van der Waals surface area contributed by atoms with Crippen LogP contribution in [-0.2, 0) is 16.0 Å². The van der Waals surface area contributed by atoms with Gasteiger partial charge in [-0.3, -0.25) is 10.00 Å². The molecular weight excluding hydrogens is 452 g/mol. The fourth-order valence-electron chi connectivity index (χ4n) is 3.94. The van der Waals surface area contributed by atoms with E-state index in [0.29, 0.717) is 74.9 Å². The summed E-state index contributed by atoms with van der Waals surface area (Å²) in [5, 5.41) is 17.4. The van der Waals surface area contributed by atoms with Gasteiger partial charge in [0.2, 0.25) is 0 Å². The van der Waals surface area contributed by atoms with Crippen molar-refractivity contribution < 1.29 is 24.1 Å². The van der Waals surface area contributed by atoms with Crippen LogP contribution in [0.25, 0.3) is 22.2 Å². The zero-order valence-corrected chi connectivity index (χ0v) is 20.4. The van der Waals surface area contributed by atoms with Gasteiger partial charge in [-0.2, -0.15) is 5.10 Å². The molecule has 0 unspecified atom stereocenters. The maximum absolute atomic E-state index is 12.7. The zero-order valence-electron chi connectivity index (χ0n) is 20.4. The van der Waals surface area contributed by atoms with Gasteiger partial charge in [0.15, 0.2) is 5.82 Å². The number of hydrogen-bond donors (Lipinski definition) is 2. The van der Waals surface area contributed by atoms with Gasteiger partial charge in [-0.25, -0.2) is 14.8 Å². The number of aromatic nitrogens is 4. The lowest BCUT2D eigenvalue weighted by molar-refractivity contribution is 0.00569. The van der Waals surface area contributed by atoms with Gasteiger partial charge in [0.1, 0.15) is 16.8 Å². The number of carbonyl (C=O) groups is 1. The van der Waals surface area contributed by atoms with Crippen molar-refractivity contribution in [3.8, 4) is 16.9 Å². The quantitative estimate of drug-likeness (QED) is 0.444. The van der Waals surface area contributed by atoms with Crippen molar-refractivity contribution in [1.29, 1.82) is 0 Å². The largest absolute Gasteiger partial charge is 0.494 e. The normalized spacial score (nSPS) is 15.4. The van der Waals surface area contributed by atoms with Crippen molar-refractivity contribution >= 4 is 22.9 Å². The van der Waals surface area contributed by atoms with Crippen LogP contribution in [0.15, 0.2) is 30.7 Å². The van der Waals surface area contributed by atoms with Crippen LogP contribution in [0.2, 0.25) is 0 Å². The number of urea groups is 1. The lowest BCUT2D eigenvalue weighted by Crippen LogP contribution is -2.46.